The third kappa shape index (κ3) is 4.23. The van der Waals surface area contributed by atoms with Gasteiger partial charge in [-0.25, -0.2) is 14.4 Å². The van der Waals surface area contributed by atoms with Crippen molar-refractivity contribution in [1.82, 2.24) is 0 Å². The summed E-state index contributed by atoms with van der Waals surface area (Å²) >= 11 is 0. The topological polar surface area (TPSA) is 176 Å². The summed E-state index contributed by atoms with van der Waals surface area (Å²) in [5.41, 5.74) is -7.19. The molecule has 0 radical (unpaired) electrons. The molecule has 0 amide bonds. The molecule has 0 N–H and O–H groups in total. The van der Waals surface area contributed by atoms with E-state index in [4.69, 9.17) is 37.9 Å². The Kier molecular flexibility index (Phi) is 7.55. The maximum absolute atomic E-state index is 15.3. The molecule has 1 aromatic rings. The lowest BCUT2D eigenvalue weighted by Crippen LogP contribution is -2.83. The number of ether oxygens (including phenoxy) is 8. The average molecular weight is 657 g/mol. The molecule has 3 aliphatic carbocycles. The second-order valence-electron chi connectivity index (χ2n) is 13.2. The minimum atomic E-state index is -2.19. The van der Waals surface area contributed by atoms with E-state index in [0.717, 1.165) is 7.11 Å². The van der Waals surface area contributed by atoms with Crippen LogP contribution in [0.2, 0.25) is 0 Å². The van der Waals surface area contributed by atoms with Crippen molar-refractivity contribution in [2.24, 2.45) is 16.7 Å². The summed E-state index contributed by atoms with van der Waals surface area (Å²) in [4.78, 5) is 82.4. The molecule has 0 aromatic heterocycles. The molecule has 2 saturated carbocycles. The van der Waals surface area contributed by atoms with Crippen LogP contribution < -0.4 is 0 Å². The van der Waals surface area contributed by atoms with Gasteiger partial charge >= 0.3 is 24.2 Å². The fourth-order valence-electron chi connectivity index (χ4n) is 8.75. The van der Waals surface area contributed by atoms with Gasteiger partial charge in [0.15, 0.2) is 23.6 Å². The van der Waals surface area contributed by atoms with Crippen molar-refractivity contribution in [2.75, 3.05) is 20.8 Å². The van der Waals surface area contributed by atoms with Crippen molar-refractivity contribution in [1.29, 1.82) is 0 Å². The Bertz CT molecular complexity index is 1600. The molecule has 2 aliphatic heterocycles. The monoisotopic (exact) mass is 656 g/mol. The lowest BCUT2D eigenvalue weighted by molar-refractivity contribution is -0.345. The molecular weight excluding hydrogens is 620 g/mol. The zero-order chi connectivity index (χ0) is 34.3. The van der Waals surface area contributed by atoms with Crippen LogP contribution in [0.15, 0.2) is 41.5 Å². The van der Waals surface area contributed by atoms with Gasteiger partial charge < -0.3 is 37.9 Å². The van der Waals surface area contributed by atoms with E-state index in [0.29, 0.717) is 0 Å². The number of hydrogen-bond donors (Lipinski definition) is 0. The van der Waals surface area contributed by atoms with Gasteiger partial charge in [-0.05, 0) is 31.6 Å². The van der Waals surface area contributed by atoms with E-state index in [2.05, 4.69) is 0 Å². The average Bonchev–Trinajstić information content (AvgIpc) is 3.39. The van der Waals surface area contributed by atoms with E-state index in [1.165, 1.54) is 40.0 Å². The van der Waals surface area contributed by atoms with Crippen LogP contribution in [0.25, 0.3) is 0 Å². The van der Waals surface area contributed by atoms with Gasteiger partial charge in [0.25, 0.3) is 0 Å². The van der Waals surface area contributed by atoms with E-state index >= 15 is 4.79 Å². The van der Waals surface area contributed by atoms with Crippen LogP contribution in [0.5, 0.6) is 0 Å². The summed E-state index contributed by atoms with van der Waals surface area (Å²) in [6.45, 7) is 7.04. The standard InChI is InChI=1S/C33H36O14/c1-15-20-22(43-28(38)41-7)24(36)31(5)18(40-6)13-19-32(14-42-19,46-16(2)34)23(31)26(44-27(37)17-11-9-8-10-12-17)33(30(20,3)4)25(21(15)35)45-29(39)47-33/h8-12,18-19,22-23,25-26H,13-14H2,1-7H3/t18-,19+,22+,23-,25-,26-,31+,32-,33+/m0/s1. The fourth-order valence-corrected chi connectivity index (χ4v) is 8.75. The van der Waals surface area contributed by atoms with Gasteiger partial charge in [0.1, 0.15) is 6.10 Å². The third-order valence-electron chi connectivity index (χ3n) is 10.8. The Morgan fingerprint density at radius 3 is 2.23 bits per heavy atom. The molecule has 1 spiro atoms. The first kappa shape index (κ1) is 32.6. The Labute approximate surface area is 269 Å². The van der Waals surface area contributed by atoms with Gasteiger partial charge in [-0.2, -0.15) is 0 Å². The number of carbonyl (C=O) groups excluding carboxylic acids is 6. The normalized spacial score (nSPS) is 38.1. The van der Waals surface area contributed by atoms with Gasteiger partial charge in [-0.3, -0.25) is 14.4 Å². The highest BCUT2D eigenvalue weighted by Crippen LogP contribution is 2.66. The Hall–Kier alpha value is -4.30. The van der Waals surface area contributed by atoms with Gasteiger partial charge in [0, 0.05) is 31.4 Å². The van der Waals surface area contributed by atoms with Crippen molar-refractivity contribution in [3.63, 3.8) is 0 Å². The summed E-state index contributed by atoms with van der Waals surface area (Å²) < 4.78 is 46.4. The lowest BCUT2D eigenvalue weighted by Gasteiger charge is -2.67. The second kappa shape index (κ2) is 10.9. The van der Waals surface area contributed by atoms with Crippen molar-refractivity contribution < 1.29 is 66.7 Å². The van der Waals surface area contributed by atoms with E-state index in [1.54, 1.807) is 32.0 Å². The molecule has 2 heterocycles. The van der Waals surface area contributed by atoms with Gasteiger partial charge in [0.2, 0.25) is 17.5 Å². The summed E-state index contributed by atoms with van der Waals surface area (Å²) in [7, 11) is 2.43. The first-order valence-corrected chi connectivity index (χ1v) is 15.2. The molecule has 4 fully saturated rings. The number of carbonyl (C=O) groups is 6. The molecule has 2 bridgehead atoms. The number of methoxy groups -OCH3 is 2. The molecule has 47 heavy (non-hydrogen) atoms. The summed E-state index contributed by atoms with van der Waals surface area (Å²) in [6.07, 6.45) is -9.46. The molecule has 9 atom stereocenters. The molecule has 14 nitrogen and oxygen atoms in total. The highest BCUT2D eigenvalue weighted by molar-refractivity contribution is 6.06. The highest BCUT2D eigenvalue weighted by Gasteiger charge is 2.83. The maximum atomic E-state index is 15.3. The molecule has 6 rings (SSSR count). The van der Waals surface area contributed by atoms with Crippen LogP contribution in [0.3, 0.4) is 0 Å². The van der Waals surface area contributed by atoms with E-state index in [9.17, 15) is 24.0 Å². The van der Waals surface area contributed by atoms with Crippen molar-refractivity contribution in [3.05, 3.63) is 47.0 Å². The number of esters is 2. The maximum Gasteiger partial charge on any atom is 0.510 e. The fraction of sp³-hybridized carbons (Fsp3) is 0.576. The number of Topliss-reactive ketones (excluding diaryl/α,β-unsaturated/α-hetero) is 2. The Morgan fingerprint density at radius 2 is 1.66 bits per heavy atom. The SMILES string of the molecule is COC(=O)O[C@H]1C(=O)[C@]2(C)[C@@H](OC)C[C@H]3OC[C@@]3(OC(C)=O)[C@H]2[C@H](OC(=O)c2ccccc2)[C@]23OC(=O)O[C@H]2C(=O)C(C)=C1C3(C)C. The predicted molar refractivity (Wildman–Crippen MR) is 155 cm³/mol. The number of benzene rings is 1. The van der Waals surface area contributed by atoms with Crippen LogP contribution in [0, 0.1) is 16.7 Å². The smallest absolute Gasteiger partial charge is 0.454 e. The summed E-state index contributed by atoms with van der Waals surface area (Å²) in [6, 6.07) is 7.94. The van der Waals surface area contributed by atoms with Gasteiger partial charge in [-0.15, -0.1) is 0 Å². The Morgan fingerprint density at radius 1 is 0.979 bits per heavy atom. The number of hydrogen-bond acceptors (Lipinski definition) is 14. The summed E-state index contributed by atoms with van der Waals surface area (Å²) in [5, 5.41) is 0. The molecule has 252 valence electrons. The van der Waals surface area contributed by atoms with Crippen molar-refractivity contribution in [2.45, 2.75) is 82.8 Å². The Balaban J connectivity index is 1.73. The first-order chi connectivity index (χ1) is 22.1. The number of rotatable bonds is 5. The van der Waals surface area contributed by atoms with Crippen molar-refractivity contribution >= 4 is 35.8 Å². The lowest BCUT2D eigenvalue weighted by atomic mass is 9.44. The van der Waals surface area contributed by atoms with E-state index in [1.807, 2.05) is 0 Å². The zero-order valence-electron chi connectivity index (χ0n) is 27.0. The van der Waals surface area contributed by atoms with Gasteiger partial charge in [-0.1, -0.05) is 32.0 Å². The first-order valence-electron chi connectivity index (χ1n) is 15.2. The van der Waals surface area contributed by atoms with Gasteiger partial charge in [0.05, 0.1) is 36.7 Å². The molecular formula is C33H36O14. The molecule has 0 unspecified atom stereocenters. The van der Waals surface area contributed by atoms with Crippen LogP contribution in [0.4, 0.5) is 9.59 Å². The predicted octanol–water partition coefficient (Wildman–Crippen LogP) is 2.89. The van der Waals surface area contributed by atoms with Crippen LogP contribution >= 0.6 is 0 Å². The minimum absolute atomic E-state index is 0.00347. The van der Waals surface area contributed by atoms with E-state index < -0.39 is 94.3 Å². The van der Waals surface area contributed by atoms with Crippen molar-refractivity contribution in [3.8, 4) is 0 Å². The van der Waals surface area contributed by atoms with E-state index in [-0.39, 0.29) is 29.7 Å². The van der Waals surface area contributed by atoms with Crippen LogP contribution in [-0.4, -0.2) is 98.4 Å². The van der Waals surface area contributed by atoms with Crippen LogP contribution in [-0.2, 0) is 52.3 Å². The second-order valence-corrected chi connectivity index (χ2v) is 13.2. The molecule has 5 aliphatic rings. The molecule has 14 heteroatoms. The third-order valence-corrected chi connectivity index (χ3v) is 10.8. The number of fused-ring (bicyclic) bond motifs is 4. The molecule has 1 aromatic carbocycles. The largest absolute Gasteiger partial charge is 0.510 e. The highest BCUT2D eigenvalue weighted by atomic mass is 16.8. The quantitative estimate of drug-likeness (QED) is 0.334. The molecule has 2 saturated heterocycles. The van der Waals surface area contributed by atoms with Crippen LogP contribution in [0.1, 0.15) is 51.4 Å². The number of ketones is 2. The minimum Gasteiger partial charge on any atom is -0.454 e. The zero-order valence-corrected chi connectivity index (χ0v) is 27.0. The summed E-state index contributed by atoms with van der Waals surface area (Å²) in [5.74, 6) is -4.53.